The minimum Gasteiger partial charge on any atom is -0.474 e. The summed E-state index contributed by atoms with van der Waals surface area (Å²) in [6.45, 7) is 15.2. The number of methoxy groups -OCH3 is 1. The third-order valence-corrected chi connectivity index (χ3v) is 13.2. The molecule has 3 atom stereocenters. The topological polar surface area (TPSA) is 123 Å². The smallest absolute Gasteiger partial charge is 0.410 e. The van der Waals surface area contributed by atoms with Crippen molar-refractivity contribution in [1.82, 2.24) is 19.9 Å². The molecule has 1 amide bonds. The Labute approximate surface area is 326 Å². The summed E-state index contributed by atoms with van der Waals surface area (Å²) in [5.41, 5.74) is 0.982. The Hall–Kier alpha value is -3.58. The highest BCUT2D eigenvalue weighted by Crippen LogP contribution is 2.52. The van der Waals surface area contributed by atoms with Gasteiger partial charge in [-0.2, -0.15) is 0 Å². The Morgan fingerprint density at radius 2 is 1.60 bits per heavy atom. The van der Waals surface area contributed by atoms with Crippen LogP contribution >= 0.6 is 0 Å². The first-order valence-corrected chi connectivity index (χ1v) is 21.0. The fourth-order valence-electron chi connectivity index (χ4n) is 10.2. The van der Waals surface area contributed by atoms with Crippen LogP contribution in [0.15, 0.2) is 28.9 Å². The van der Waals surface area contributed by atoms with Crippen LogP contribution in [-0.4, -0.2) is 120 Å². The van der Waals surface area contributed by atoms with Gasteiger partial charge in [-0.25, -0.2) is 9.78 Å². The normalized spacial score (nSPS) is 27.9. The number of pyridine rings is 1. The van der Waals surface area contributed by atoms with E-state index in [4.69, 9.17) is 23.5 Å². The van der Waals surface area contributed by atoms with Crippen molar-refractivity contribution >= 4 is 23.6 Å². The van der Waals surface area contributed by atoms with Crippen LogP contribution in [0.25, 0.3) is 0 Å². The minimum absolute atomic E-state index is 0.0682. The fraction of sp³-hybridized carbons (Fsp3) is 0.762. The molecule has 0 aromatic carbocycles. The van der Waals surface area contributed by atoms with Crippen molar-refractivity contribution in [3.8, 4) is 5.88 Å². The van der Waals surface area contributed by atoms with Crippen molar-refractivity contribution in [2.45, 2.75) is 146 Å². The van der Waals surface area contributed by atoms with E-state index in [1.807, 2.05) is 51.8 Å². The molecule has 13 heteroatoms. The van der Waals surface area contributed by atoms with Crippen LogP contribution < -0.4 is 14.5 Å². The Morgan fingerprint density at radius 3 is 2.22 bits per heavy atom. The molecular weight excluding hydrogens is 700 g/mol. The molecule has 13 nitrogen and oxygen atoms in total. The highest BCUT2D eigenvalue weighted by Gasteiger charge is 2.54. The minimum atomic E-state index is -0.492. The van der Waals surface area contributed by atoms with E-state index in [1.165, 1.54) is 20.0 Å². The van der Waals surface area contributed by atoms with Crippen molar-refractivity contribution < 1.29 is 33.1 Å². The second-order valence-corrected chi connectivity index (χ2v) is 18.4. The van der Waals surface area contributed by atoms with Crippen LogP contribution in [0.5, 0.6) is 5.88 Å². The van der Waals surface area contributed by atoms with Crippen LogP contribution in [0.1, 0.15) is 111 Å². The zero-order chi connectivity index (χ0) is 38.5. The van der Waals surface area contributed by atoms with E-state index in [-0.39, 0.29) is 42.3 Å². The highest BCUT2D eigenvalue weighted by molar-refractivity contribution is 5.77. The number of carbonyl (C=O) groups is 2. The van der Waals surface area contributed by atoms with Gasteiger partial charge in [-0.15, -0.1) is 0 Å². The number of fused-ring (bicyclic) bond motifs is 2. The van der Waals surface area contributed by atoms with Gasteiger partial charge in [0.05, 0.1) is 19.3 Å². The van der Waals surface area contributed by atoms with Crippen molar-refractivity contribution in [1.29, 1.82) is 0 Å². The molecule has 0 radical (unpaired) electrons. The second-order valence-electron chi connectivity index (χ2n) is 18.4. The molecule has 2 aromatic heterocycles. The standard InChI is InChI=1S/C42H62N6O7/c1-27(2)38(39(49)51-6)35-24-36(44-55-35)45-17-10-28(11-18-45)42(14-15-42)47-19-12-32(13-20-47)52-33-22-34(23-33)53-37-21-29(9-16-43-37)48-30-7-8-31(48)26-46(25-30)40(50)54-41(3,4)5/h9,16,21,24,27-28,30-34,38H,7-8,10-15,17-20,22-23,25-26H2,1-6H3/t30?,31?,33-,34-,38?. The average molecular weight is 763 g/mol. The predicted molar refractivity (Wildman–Crippen MR) is 207 cm³/mol. The number of anilines is 2. The van der Waals surface area contributed by atoms with Crippen LogP contribution in [0.3, 0.4) is 0 Å². The molecule has 6 fully saturated rings. The lowest BCUT2D eigenvalue weighted by atomic mass is 9.85. The van der Waals surface area contributed by atoms with E-state index in [0.717, 1.165) is 89.1 Å². The third kappa shape index (κ3) is 8.15. The lowest BCUT2D eigenvalue weighted by Gasteiger charge is -2.45. The number of nitrogens with zero attached hydrogens (tertiary/aromatic N) is 6. The van der Waals surface area contributed by atoms with E-state index >= 15 is 0 Å². The number of amides is 1. The number of hydrogen-bond acceptors (Lipinski definition) is 12. The molecule has 8 rings (SSSR count). The molecule has 2 saturated carbocycles. The number of rotatable bonds is 11. The highest BCUT2D eigenvalue weighted by atomic mass is 16.6. The number of piperazine rings is 1. The number of esters is 1. The molecule has 6 aliphatic rings. The summed E-state index contributed by atoms with van der Waals surface area (Å²) in [6, 6.07) is 6.63. The van der Waals surface area contributed by atoms with Crippen LogP contribution in [-0.2, 0) is 19.0 Å². The molecule has 6 heterocycles. The quantitative estimate of drug-likeness (QED) is 0.235. The number of ether oxygens (including phenoxy) is 4. The van der Waals surface area contributed by atoms with Gasteiger partial charge in [0.15, 0.2) is 11.6 Å². The van der Waals surface area contributed by atoms with Gasteiger partial charge in [-0.3, -0.25) is 9.69 Å². The van der Waals surface area contributed by atoms with Gasteiger partial charge in [0.25, 0.3) is 0 Å². The first kappa shape index (κ1) is 38.3. The van der Waals surface area contributed by atoms with E-state index in [9.17, 15) is 9.59 Å². The van der Waals surface area contributed by atoms with Gasteiger partial charge in [-0.1, -0.05) is 19.0 Å². The van der Waals surface area contributed by atoms with Crippen molar-refractivity contribution in [2.24, 2.45) is 11.8 Å². The monoisotopic (exact) mass is 762 g/mol. The van der Waals surface area contributed by atoms with Crippen molar-refractivity contribution in [3.05, 3.63) is 30.2 Å². The zero-order valence-corrected chi connectivity index (χ0v) is 33.8. The fourth-order valence-corrected chi connectivity index (χ4v) is 10.2. The van der Waals surface area contributed by atoms with Gasteiger partial charge < -0.3 is 38.2 Å². The molecule has 0 spiro atoms. The Bertz CT molecular complexity index is 1640. The summed E-state index contributed by atoms with van der Waals surface area (Å²) < 4.78 is 29.4. The third-order valence-electron chi connectivity index (χ3n) is 13.2. The molecular formula is C42H62N6O7. The summed E-state index contributed by atoms with van der Waals surface area (Å²) in [7, 11) is 1.42. The van der Waals surface area contributed by atoms with E-state index < -0.39 is 11.5 Å². The number of aromatic nitrogens is 2. The van der Waals surface area contributed by atoms with Gasteiger partial charge >= 0.3 is 12.1 Å². The molecule has 0 N–H and O–H groups in total. The summed E-state index contributed by atoms with van der Waals surface area (Å²) in [5, 5.41) is 4.36. The van der Waals surface area contributed by atoms with Gasteiger partial charge in [0, 0.05) is 93.7 Å². The van der Waals surface area contributed by atoms with Crippen LogP contribution in [0.4, 0.5) is 16.3 Å². The van der Waals surface area contributed by atoms with Gasteiger partial charge in [-0.05, 0) is 90.0 Å². The summed E-state index contributed by atoms with van der Waals surface area (Å²) in [5.74, 6) is 2.14. The zero-order valence-electron chi connectivity index (χ0n) is 33.8. The Morgan fingerprint density at radius 1 is 0.909 bits per heavy atom. The van der Waals surface area contributed by atoms with Crippen LogP contribution in [0.2, 0.25) is 0 Å². The molecule has 2 aliphatic carbocycles. The van der Waals surface area contributed by atoms with E-state index in [1.54, 1.807) is 0 Å². The molecule has 2 aromatic rings. The molecule has 302 valence electrons. The first-order valence-electron chi connectivity index (χ1n) is 21.0. The maximum atomic E-state index is 12.8. The molecule has 4 saturated heterocycles. The molecule has 2 bridgehead atoms. The maximum absolute atomic E-state index is 12.8. The summed E-state index contributed by atoms with van der Waals surface area (Å²) in [6.07, 6.45) is 13.4. The van der Waals surface area contributed by atoms with Gasteiger partial charge in [0.1, 0.15) is 17.6 Å². The first-order chi connectivity index (χ1) is 26.4. The lowest BCUT2D eigenvalue weighted by molar-refractivity contribution is -0.144. The van der Waals surface area contributed by atoms with Crippen LogP contribution in [0, 0.1) is 11.8 Å². The average Bonchev–Trinajstić information content (AvgIpc) is 3.74. The maximum Gasteiger partial charge on any atom is 0.410 e. The summed E-state index contributed by atoms with van der Waals surface area (Å²) >= 11 is 0. The number of likely N-dealkylation sites (tertiary alicyclic amines) is 2. The lowest BCUT2D eigenvalue weighted by Crippen LogP contribution is -2.56. The van der Waals surface area contributed by atoms with Crippen molar-refractivity contribution in [2.75, 3.05) is 56.2 Å². The number of piperidine rings is 2. The van der Waals surface area contributed by atoms with E-state index in [2.05, 4.69) is 37.0 Å². The van der Waals surface area contributed by atoms with Gasteiger partial charge in [0.2, 0.25) is 5.88 Å². The Balaban J connectivity index is 0.758. The molecule has 3 unspecified atom stereocenters. The predicted octanol–water partition coefficient (Wildman–Crippen LogP) is 6.41. The van der Waals surface area contributed by atoms with Crippen molar-refractivity contribution in [3.63, 3.8) is 0 Å². The SMILES string of the molecule is COC(=O)C(c1cc(N2CCC(C3(N4CCC(O[C@H]5C[C@H](Oc6cc(N7C8CCC7CN(C(=O)OC(C)(C)C)C8)ccn6)C5)CC4)CC3)CC2)no1)C(C)C. The number of hydrogen-bond donors (Lipinski definition) is 0. The summed E-state index contributed by atoms with van der Waals surface area (Å²) in [4.78, 5) is 39.2. The molecule has 55 heavy (non-hydrogen) atoms. The Kier molecular flexibility index (Phi) is 10.7. The van der Waals surface area contributed by atoms with E-state index in [0.29, 0.717) is 42.3 Å². The number of carbonyl (C=O) groups excluding carboxylic acids is 2. The second kappa shape index (κ2) is 15.4. The molecule has 4 aliphatic heterocycles. The largest absolute Gasteiger partial charge is 0.474 e.